The molecule has 20 nitrogen and oxygen atoms in total. The fraction of sp³-hybridized carbons (Fsp3) is 0.525. The van der Waals surface area contributed by atoms with Gasteiger partial charge in [-0.3, -0.25) is 9.69 Å². The number of carbonyl (C=O) groups excluding carboxylic acids is 1. The van der Waals surface area contributed by atoms with Gasteiger partial charge in [0.15, 0.2) is 12.1 Å². The second-order valence-electron chi connectivity index (χ2n) is 24.0. The molecule has 4 N–H and O–H groups in total. The van der Waals surface area contributed by atoms with Crippen LogP contribution in [0.5, 0.6) is 0 Å². The highest BCUT2D eigenvalue weighted by molar-refractivity contribution is 6.04. The van der Waals surface area contributed by atoms with E-state index in [1.165, 1.54) is 0 Å². The van der Waals surface area contributed by atoms with Crippen molar-refractivity contribution in [1.29, 1.82) is 0 Å². The molecule has 2 bridgehead atoms. The van der Waals surface area contributed by atoms with Crippen molar-refractivity contribution in [2.75, 3.05) is 87.5 Å². The summed E-state index contributed by atoms with van der Waals surface area (Å²) >= 11 is 0. The molecule has 0 radical (unpaired) electrons. The van der Waals surface area contributed by atoms with E-state index >= 15 is 0 Å². The molecule has 12 heterocycles. The fourth-order valence-corrected chi connectivity index (χ4v) is 13.2. The molecule has 5 saturated heterocycles. The average Bonchev–Trinajstić information content (AvgIpc) is 2.62. The summed E-state index contributed by atoms with van der Waals surface area (Å²) in [6.07, 6.45) is 7.52. The summed E-state index contributed by atoms with van der Waals surface area (Å²) in [5.41, 5.74) is 1.82. The third-order valence-electron chi connectivity index (χ3n) is 18.0. The molecule has 0 saturated carbocycles. The van der Waals surface area contributed by atoms with Gasteiger partial charge in [-0.2, -0.15) is 31.3 Å². The number of rotatable bonds is 17. The van der Waals surface area contributed by atoms with Crippen LogP contribution in [0.2, 0.25) is 0 Å². The number of morpholine rings is 1. The van der Waals surface area contributed by atoms with Crippen molar-refractivity contribution in [2.45, 2.75) is 132 Å². The van der Waals surface area contributed by atoms with Crippen LogP contribution in [0.15, 0.2) is 96.2 Å². The number of ether oxygens (including phenoxy) is 2. The number of aliphatic imine (C=N–C) groups is 1. The topological polar surface area (TPSA) is 202 Å². The summed E-state index contributed by atoms with van der Waals surface area (Å²) in [4.78, 5) is 62.8. The lowest BCUT2D eigenvalue weighted by molar-refractivity contribution is -0.138. The first-order valence-electron chi connectivity index (χ1n) is 30.0. The molecule has 12 rings (SSSR count). The quantitative estimate of drug-likeness (QED) is 0.0641. The minimum Gasteiger partial charge on any atom is -0.384 e. The molecule has 0 spiro atoms. The zero-order valence-electron chi connectivity index (χ0n) is 49.1. The first-order chi connectivity index (χ1) is 41.8. The Morgan fingerprint density at radius 3 is 2.20 bits per heavy atom. The Morgan fingerprint density at radius 2 is 1.48 bits per heavy atom. The number of halogens is 6. The van der Waals surface area contributed by atoms with Gasteiger partial charge in [0.05, 0.1) is 54.3 Å². The Balaban J connectivity index is 0.797. The second kappa shape index (κ2) is 25.3. The number of methoxy groups -OCH3 is 1. The zero-order valence-corrected chi connectivity index (χ0v) is 49.1. The molecule has 5 aromatic heterocycles. The summed E-state index contributed by atoms with van der Waals surface area (Å²) in [5.74, 6) is 2.83. The number of piperidine rings is 2. The number of hydrogen-bond donors (Lipinski definition) is 4. The Bertz CT molecular complexity index is 3390. The second-order valence-corrected chi connectivity index (χ2v) is 24.0. The molecule has 87 heavy (non-hydrogen) atoms. The first-order valence-corrected chi connectivity index (χ1v) is 30.0. The number of pyridine rings is 3. The maximum Gasteiger partial charge on any atom is 0.416 e. The van der Waals surface area contributed by atoms with Crippen molar-refractivity contribution in [2.24, 2.45) is 10.9 Å². The molecule has 1 amide bonds. The zero-order chi connectivity index (χ0) is 60.6. The lowest BCUT2D eigenvalue weighted by Gasteiger charge is -2.42. The van der Waals surface area contributed by atoms with E-state index in [4.69, 9.17) is 34.4 Å². The van der Waals surface area contributed by atoms with Crippen LogP contribution in [0, 0.1) is 12.8 Å². The Morgan fingerprint density at radius 1 is 0.770 bits per heavy atom. The van der Waals surface area contributed by atoms with Gasteiger partial charge in [0.25, 0.3) is 0 Å². The molecule has 26 heteroatoms. The molecule has 9 atom stereocenters. The summed E-state index contributed by atoms with van der Waals surface area (Å²) in [6.45, 7) is 8.80. The molecule has 0 aromatic carbocycles. The highest BCUT2D eigenvalue weighted by Crippen LogP contribution is 2.40. The molecule has 9 unspecified atom stereocenters. The van der Waals surface area contributed by atoms with Gasteiger partial charge < -0.3 is 50.3 Å². The lowest BCUT2D eigenvalue weighted by Crippen LogP contribution is -2.53. The number of aryl methyl sites for hydroxylation is 1. The van der Waals surface area contributed by atoms with Gasteiger partial charge in [-0.15, -0.1) is 0 Å². The number of allylic oxidation sites excluding steroid dienone is 1. The number of alkyl halides is 6. The number of aromatic nitrogens is 7. The van der Waals surface area contributed by atoms with Crippen LogP contribution in [-0.4, -0.2) is 163 Å². The minimum absolute atomic E-state index is 0.00976. The molecular weight excluding hydrogens is 1130 g/mol. The van der Waals surface area contributed by atoms with Crippen LogP contribution in [0.3, 0.4) is 0 Å². The van der Waals surface area contributed by atoms with E-state index in [0.29, 0.717) is 93.1 Å². The van der Waals surface area contributed by atoms with Crippen LogP contribution in [0.4, 0.5) is 61.4 Å². The smallest absolute Gasteiger partial charge is 0.384 e. The van der Waals surface area contributed by atoms with E-state index in [1.807, 2.05) is 42.3 Å². The van der Waals surface area contributed by atoms with Gasteiger partial charge in [0, 0.05) is 112 Å². The Kier molecular flexibility index (Phi) is 17.4. The molecule has 7 aliphatic rings. The standard InChI is InChI=1S/C61H73F6N17O3/c1-36-9-15-68-50(23-36)74-53-30-48(39-7-5-18-82(33-39)56(85)14-22-86-4)71-57(77-53)37(2)81-21-13-40(32-81)49-31-55(76-52-26-42(11-17-70-52)61(65,66)67)78-58(73-49)83-19-6-8-43(83)27-44-24-38(12-20-80(44)3)47-29-54(75-51-25-41(10-16-69-51)60(62,63)64)79-59(72-47)84-34-46-28-45(84)35-87-46/h9-11,13,15-17,21,23,25-26,29-31,37-40,43-46,59,72H,5-8,12,14,18-20,22,24,27-28,32-35H2,1-4H3,(H,69,75,79)(H,68,71,74,77)(H,70,73,76,78). The van der Waals surface area contributed by atoms with Crippen molar-refractivity contribution >= 4 is 46.8 Å². The predicted molar refractivity (Wildman–Crippen MR) is 315 cm³/mol. The molecular formula is C61H73F6N17O3. The molecule has 0 aliphatic carbocycles. The van der Waals surface area contributed by atoms with E-state index in [-0.39, 0.29) is 65.6 Å². The van der Waals surface area contributed by atoms with Gasteiger partial charge in [-0.25, -0.2) is 34.9 Å². The van der Waals surface area contributed by atoms with E-state index in [0.717, 1.165) is 112 Å². The first kappa shape index (κ1) is 59.8. The number of amidine groups is 1. The van der Waals surface area contributed by atoms with E-state index < -0.39 is 29.8 Å². The van der Waals surface area contributed by atoms with E-state index in [1.54, 1.807) is 19.4 Å². The van der Waals surface area contributed by atoms with Gasteiger partial charge in [-0.05, 0) is 133 Å². The summed E-state index contributed by atoms with van der Waals surface area (Å²) < 4.78 is 94.7. The number of amides is 1. The van der Waals surface area contributed by atoms with Crippen LogP contribution < -0.4 is 26.2 Å². The fourth-order valence-electron chi connectivity index (χ4n) is 13.2. The largest absolute Gasteiger partial charge is 0.416 e. The van der Waals surface area contributed by atoms with Gasteiger partial charge >= 0.3 is 12.4 Å². The molecule has 462 valence electrons. The molecule has 7 aliphatic heterocycles. The SMILES string of the molecule is COCCC(=O)N1CCCC(c2cc(Nc3cc(C)ccn3)nc(C(C)N3C=CC(c4cc(Nc5cc(C(F)(F)F)ccn5)nc(N5CCCC5CC5CC(C6=CC(Nc7cc(C(F)(F)F)ccn7)=NC(N7CC8CC7CO8)N6)CCN5C)n4)C3)n2)C1. The number of hydrogen-bond acceptors (Lipinski definition) is 19. The average molecular weight is 1210 g/mol. The Hall–Kier alpha value is -7.55. The van der Waals surface area contributed by atoms with Crippen LogP contribution in [0.25, 0.3) is 0 Å². The van der Waals surface area contributed by atoms with Gasteiger partial charge in [0.1, 0.15) is 34.9 Å². The maximum atomic E-state index is 14.1. The minimum atomic E-state index is -4.59. The third kappa shape index (κ3) is 13.9. The van der Waals surface area contributed by atoms with Crippen molar-refractivity contribution in [3.8, 4) is 0 Å². The van der Waals surface area contributed by atoms with Gasteiger partial charge in [0.2, 0.25) is 11.9 Å². The summed E-state index contributed by atoms with van der Waals surface area (Å²) in [7, 11) is 3.73. The molecule has 5 aromatic rings. The van der Waals surface area contributed by atoms with Crippen LogP contribution >= 0.6 is 0 Å². The number of likely N-dealkylation sites (tertiary alicyclic amines) is 3. The predicted octanol–water partition coefficient (Wildman–Crippen LogP) is 9.53. The lowest BCUT2D eigenvalue weighted by atomic mass is 9.85. The summed E-state index contributed by atoms with van der Waals surface area (Å²) in [6, 6.07) is 11.4. The molecule has 5 fully saturated rings. The van der Waals surface area contributed by atoms with Gasteiger partial charge in [-0.1, -0.05) is 6.08 Å². The highest BCUT2D eigenvalue weighted by Gasteiger charge is 2.45. The van der Waals surface area contributed by atoms with Crippen molar-refractivity contribution in [3.63, 3.8) is 0 Å². The monoisotopic (exact) mass is 1210 g/mol. The summed E-state index contributed by atoms with van der Waals surface area (Å²) in [5, 5.41) is 13.4. The number of fused-ring (bicyclic) bond motifs is 2. The number of nitrogens with one attached hydrogen (secondary N) is 4. The normalized spacial score (nSPS) is 25.6. The van der Waals surface area contributed by atoms with Crippen molar-refractivity contribution < 1.29 is 40.6 Å². The van der Waals surface area contributed by atoms with E-state index in [2.05, 4.69) is 75.9 Å². The van der Waals surface area contributed by atoms with Crippen LogP contribution in [-0.2, 0) is 26.6 Å². The highest BCUT2D eigenvalue weighted by atomic mass is 19.4. The Labute approximate surface area is 501 Å². The van der Waals surface area contributed by atoms with Crippen molar-refractivity contribution in [1.82, 2.24) is 59.8 Å². The van der Waals surface area contributed by atoms with Crippen molar-refractivity contribution in [3.05, 3.63) is 125 Å². The maximum absolute atomic E-state index is 14.1. The van der Waals surface area contributed by atoms with Crippen LogP contribution in [0.1, 0.15) is 116 Å². The number of carbonyl (C=O) groups is 1. The van der Waals surface area contributed by atoms with E-state index in [9.17, 15) is 31.1 Å². The number of nitrogens with zero attached hydrogens (tertiary/aromatic N) is 13. The third-order valence-corrected chi connectivity index (χ3v) is 18.0. The number of anilines is 6.